The molecule has 4 heterocycles. The number of aromatic nitrogens is 2. The van der Waals surface area contributed by atoms with Crippen molar-refractivity contribution in [3.8, 4) is 0 Å². The molecule has 0 saturated carbocycles. The lowest BCUT2D eigenvalue weighted by Crippen LogP contribution is -2.44. The Balaban J connectivity index is 1.28. The van der Waals surface area contributed by atoms with Gasteiger partial charge in [-0.2, -0.15) is 4.98 Å². The van der Waals surface area contributed by atoms with E-state index in [0.717, 1.165) is 44.7 Å². The number of alkyl halides is 1. The van der Waals surface area contributed by atoms with Crippen molar-refractivity contribution in [2.75, 3.05) is 55.8 Å². The van der Waals surface area contributed by atoms with Gasteiger partial charge in [0.15, 0.2) is 11.6 Å². The van der Waals surface area contributed by atoms with E-state index in [-0.39, 0.29) is 11.9 Å². The highest BCUT2D eigenvalue weighted by Crippen LogP contribution is 2.35. The van der Waals surface area contributed by atoms with E-state index in [0.29, 0.717) is 29.3 Å². The van der Waals surface area contributed by atoms with Crippen LogP contribution in [0, 0.1) is 5.82 Å². The van der Waals surface area contributed by atoms with E-state index < -0.39 is 12.5 Å². The van der Waals surface area contributed by atoms with Gasteiger partial charge >= 0.3 is 0 Å². The zero-order chi connectivity index (χ0) is 22.9. The summed E-state index contributed by atoms with van der Waals surface area (Å²) in [6.07, 6.45) is 5.59. The third kappa shape index (κ3) is 4.75. The van der Waals surface area contributed by atoms with Crippen LogP contribution >= 0.6 is 0 Å². The van der Waals surface area contributed by atoms with Crippen molar-refractivity contribution in [1.82, 2.24) is 19.8 Å². The third-order valence-electron chi connectivity index (χ3n) is 7.51. The van der Waals surface area contributed by atoms with Gasteiger partial charge in [0.05, 0.1) is 6.20 Å². The molecule has 2 atom stereocenters. The number of piperazine rings is 1. The number of likely N-dealkylation sites (N-methyl/N-ethyl adjacent to an activating group) is 1. The van der Waals surface area contributed by atoms with Crippen LogP contribution in [0.15, 0.2) is 24.4 Å². The van der Waals surface area contributed by atoms with Crippen LogP contribution < -0.4 is 15.5 Å². The van der Waals surface area contributed by atoms with E-state index >= 15 is 0 Å². The van der Waals surface area contributed by atoms with Crippen molar-refractivity contribution in [3.63, 3.8) is 0 Å². The molecule has 3 aliphatic rings. The summed E-state index contributed by atoms with van der Waals surface area (Å²) >= 11 is 0. The number of hydrogen-bond donors (Lipinski definition) is 2. The number of rotatable bonds is 6. The van der Waals surface area contributed by atoms with Crippen LogP contribution in [0.25, 0.3) is 0 Å². The van der Waals surface area contributed by atoms with Gasteiger partial charge in [0.25, 0.3) is 0 Å². The average Bonchev–Trinajstić information content (AvgIpc) is 3.02. The number of anilines is 4. The summed E-state index contributed by atoms with van der Waals surface area (Å²) in [4.78, 5) is 15.5. The molecule has 0 amide bonds. The van der Waals surface area contributed by atoms with Crippen LogP contribution in [0.5, 0.6) is 0 Å². The Morgan fingerprint density at radius 3 is 2.48 bits per heavy atom. The summed E-state index contributed by atoms with van der Waals surface area (Å²) in [6, 6.07) is 6.96. The highest BCUT2D eigenvalue weighted by molar-refractivity contribution is 5.64. The van der Waals surface area contributed by atoms with Gasteiger partial charge in [-0.05, 0) is 58.0 Å². The lowest BCUT2D eigenvalue weighted by Gasteiger charge is -2.36. The first-order valence-electron chi connectivity index (χ1n) is 11.9. The highest BCUT2D eigenvalue weighted by atomic mass is 19.1. The first-order chi connectivity index (χ1) is 16.0. The molecule has 3 saturated heterocycles. The number of hydrogen-bond acceptors (Lipinski definition) is 7. The van der Waals surface area contributed by atoms with Crippen molar-refractivity contribution >= 4 is 23.1 Å². The molecule has 0 radical (unpaired) electrons. The minimum atomic E-state index is -0.549. The summed E-state index contributed by atoms with van der Waals surface area (Å²) in [5.74, 6) is 0.0647. The standard InChI is InChI=1S/C24H33F2N7/c1-31-7-9-33(10-8-31)22-6-3-17(11-16(22)14-25)29-24-27-15-21(26)23(30-24)28-18-12-19-4-5-20(13-18)32(19)2/h3,6,11,15,18-20H,4-5,7-10,12-14H2,1-2H3,(H2,27,28,29,30). The minimum Gasteiger partial charge on any atom is -0.369 e. The van der Waals surface area contributed by atoms with Crippen molar-refractivity contribution in [1.29, 1.82) is 0 Å². The second kappa shape index (κ2) is 9.38. The Morgan fingerprint density at radius 1 is 1.06 bits per heavy atom. The molecule has 33 heavy (non-hydrogen) atoms. The van der Waals surface area contributed by atoms with Crippen molar-refractivity contribution in [2.45, 2.75) is 50.5 Å². The van der Waals surface area contributed by atoms with E-state index in [2.05, 4.69) is 49.4 Å². The number of nitrogens with zero attached hydrogens (tertiary/aromatic N) is 5. The SMILES string of the molecule is CN1CCN(c2ccc(Nc3ncc(F)c(NC4CC5CCC(C4)N5C)n3)cc2CF)CC1. The Hall–Kier alpha value is -2.52. The van der Waals surface area contributed by atoms with Gasteiger partial charge in [-0.25, -0.2) is 13.8 Å². The molecule has 3 aliphatic heterocycles. The minimum absolute atomic E-state index is 0.206. The molecular formula is C24H33F2N7. The molecule has 2 aromatic rings. The summed E-state index contributed by atoms with van der Waals surface area (Å²) in [5.41, 5.74) is 2.25. The normalized spacial score (nSPS) is 25.9. The summed E-state index contributed by atoms with van der Waals surface area (Å²) in [5, 5.41) is 6.44. The monoisotopic (exact) mass is 457 g/mol. The maximum Gasteiger partial charge on any atom is 0.229 e. The fraction of sp³-hybridized carbons (Fsp3) is 0.583. The molecule has 2 N–H and O–H groups in total. The van der Waals surface area contributed by atoms with E-state index in [4.69, 9.17) is 0 Å². The average molecular weight is 458 g/mol. The molecular weight excluding hydrogens is 424 g/mol. The van der Waals surface area contributed by atoms with E-state index in [9.17, 15) is 8.78 Å². The maximum absolute atomic E-state index is 14.5. The third-order valence-corrected chi connectivity index (χ3v) is 7.51. The lowest BCUT2D eigenvalue weighted by molar-refractivity contribution is 0.168. The predicted molar refractivity (Wildman–Crippen MR) is 127 cm³/mol. The smallest absolute Gasteiger partial charge is 0.229 e. The van der Waals surface area contributed by atoms with E-state index in [1.54, 1.807) is 6.07 Å². The first-order valence-corrected chi connectivity index (χ1v) is 11.9. The fourth-order valence-corrected chi connectivity index (χ4v) is 5.51. The molecule has 5 rings (SSSR count). The second-order valence-electron chi connectivity index (χ2n) is 9.65. The maximum atomic E-state index is 14.5. The van der Waals surface area contributed by atoms with Gasteiger partial charge in [-0.3, -0.25) is 0 Å². The van der Waals surface area contributed by atoms with Gasteiger partial charge in [-0.1, -0.05) is 0 Å². The molecule has 9 heteroatoms. The molecule has 7 nitrogen and oxygen atoms in total. The fourth-order valence-electron chi connectivity index (χ4n) is 5.51. The van der Waals surface area contributed by atoms with Gasteiger partial charge in [0.2, 0.25) is 5.95 Å². The zero-order valence-corrected chi connectivity index (χ0v) is 19.4. The van der Waals surface area contributed by atoms with E-state index in [1.165, 1.54) is 19.0 Å². The molecule has 1 aromatic carbocycles. The molecule has 2 unspecified atom stereocenters. The first kappa shape index (κ1) is 22.3. The number of benzene rings is 1. The van der Waals surface area contributed by atoms with Gasteiger partial charge in [0, 0.05) is 61.2 Å². The van der Waals surface area contributed by atoms with Crippen LogP contribution in [-0.4, -0.2) is 78.2 Å². The van der Waals surface area contributed by atoms with Crippen LogP contribution in [-0.2, 0) is 6.67 Å². The van der Waals surface area contributed by atoms with Crippen molar-refractivity contribution in [3.05, 3.63) is 35.8 Å². The van der Waals surface area contributed by atoms with Crippen LogP contribution in [0.3, 0.4) is 0 Å². The molecule has 178 valence electrons. The Bertz CT molecular complexity index is 965. The molecule has 1 aromatic heterocycles. The zero-order valence-electron chi connectivity index (χ0n) is 19.4. The summed E-state index contributed by atoms with van der Waals surface area (Å²) in [7, 11) is 4.29. The molecule has 2 bridgehead atoms. The summed E-state index contributed by atoms with van der Waals surface area (Å²) < 4.78 is 28.3. The largest absolute Gasteiger partial charge is 0.369 e. The van der Waals surface area contributed by atoms with Crippen molar-refractivity contribution in [2.24, 2.45) is 0 Å². The van der Waals surface area contributed by atoms with Crippen LogP contribution in [0.4, 0.5) is 31.9 Å². The molecule has 0 spiro atoms. The van der Waals surface area contributed by atoms with Crippen LogP contribution in [0.2, 0.25) is 0 Å². The van der Waals surface area contributed by atoms with Crippen LogP contribution in [0.1, 0.15) is 31.2 Å². The number of piperidine rings is 1. The number of nitrogens with one attached hydrogen (secondary N) is 2. The Morgan fingerprint density at radius 2 is 1.79 bits per heavy atom. The molecule has 0 aliphatic carbocycles. The Labute approximate surface area is 194 Å². The quantitative estimate of drug-likeness (QED) is 0.687. The van der Waals surface area contributed by atoms with Gasteiger partial charge in [-0.15, -0.1) is 0 Å². The number of fused-ring (bicyclic) bond motifs is 2. The topological polar surface area (TPSA) is 59.6 Å². The Kier molecular flexibility index (Phi) is 6.34. The van der Waals surface area contributed by atoms with Gasteiger partial charge < -0.3 is 25.3 Å². The van der Waals surface area contributed by atoms with Gasteiger partial charge in [0.1, 0.15) is 6.67 Å². The predicted octanol–water partition coefficient (Wildman–Crippen LogP) is 3.62. The highest BCUT2D eigenvalue weighted by Gasteiger charge is 2.38. The van der Waals surface area contributed by atoms with E-state index in [1.807, 2.05) is 12.1 Å². The lowest BCUT2D eigenvalue weighted by atomic mass is 9.98. The summed E-state index contributed by atoms with van der Waals surface area (Å²) in [6.45, 7) is 3.14. The molecule has 3 fully saturated rings. The van der Waals surface area contributed by atoms with Crippen molar-refractivity contribution < 1.29 is 8.78 Å². The number of halogens is 2. The second-order valence-corrected chi connectivity index (χ2v) is 9.65.